The van der Waals surface area contributed by atoms with E-state index in [1.54, 1.807) is 6.92 Å². The normalized spacial score (nSPS) is 15.0. The molecule has 0 amide bonds. The highest BCUT2D eigenvalue weighted by Crippen LogP contribution is 2.17. The SMILES string of the molecule is CC(=O)C(N)C(C)(C)C.CCC(C)C(N)C(C)=O.CCCCCC(N)C(C)=O. The molecule has 0 aromatic rings. The van der Waals surface area contributed by atoms with Gasteiger partial charge in [0.15, 0.2) is 0 Å². The number of nitrogens with two attached hydrogens (primary N) is 3. The van der Waals surface area contributed by atoms with Gasteiger partial charge in [-0.2, -0.15) is 0 Å². The second-order valence-electron chi connectivity index (χ2n) is 8.69. The first-order valence-electron chi connectivity index (χ1n) is 10.4. The molecule has 6 nitrogen and oxygen atoms in total. The van der Waals surface area contributed by atoms with Crippen LogP contribution in [0.3, 0.4) is 0 Å². The van der Waals surface area contributed by atoms with Gasteiger partial charge in [-0.05, 0) is 38.5 Å². The van der Waals surface area contributed by atoms with E-state index in [1.807, 2.05) is 34.6 Å². The highest BCUT2D eigenvalue weighted by Gasteiger charge is 2.23. The predicted molar refractivity (Wildman–Crippen MR) is 119 cm³/mol. The number of hydrogen-bond donors (Lipinski definition) is 3. The molecule has 6 N–H and O–H groups in total. The molecule has 0 aliphatic rings. The molecule has 0 aliphatic carbocycles. The Kier molecular flexibility index (Phi) is 19.0. The fourth-order valence-electron chi connectivity index (χ4n) is 2.08. The number of carbonyl (C=O) groups is 3. The van der Waals surface area contributed by atoms with Crippen molar-refractivity contribution in [2.45, 2.75) is 113 Å². The summed E-state index contributed by atoms with van der Waals surface area (Å²) in [6.07, 6.45) is 5.27. The van der Waals surface area contributed by atoms with Gasteiger partial charge in [-0.25, -0.2) is 0 Å². The maximum Gasteiger partial charge on any atom is 0.146 e. The van der Waals surface area contributed by atoms with Crippen LogP contribution in [-0.2, 0) is 14.4 Å². The minimum absolute atomic E-state index is 0.0579. The summed E-state index contributed by atoms with van der Waals surface area (Å²) in [5.41, 5.74) is 16.5. The lowest BCUT2D eigenvalue weighted by Crippen LogP contribution is -2.40. The summed E-state index contributed by atoms with van der Waals surface area (Å²) >= 11 is 0. The van der Waals surface area contributed by atoms with E-state index in [0.717, 1.165) is 19.3 Å². The number of rotatable bonds is 9. The minimum Gasteiger partial charge on any atom is -0.322 e. The smallest absolute Gasteiger partial charge is 0.146 e. The molecule has 0 aromatic carbocycles. The van der Waals surface area contributed by atoms with Crippen molar-refractivity contribution in [1.29, 1.82) is 0 Å². The molecule has 0 aliphatic heterocycles. The molecule has 0 saturated carbocycles. The summed E-state index contributed by atoms with van der Waals surface area (Å²) < 4.78 is 0. The molecule has 4 atom stereocenters. The number of ketones is 3. The van der Waals surface area contributed by atoms with Gasteiger partial charge in [0.2, 0.25) is 0 Å². The van der Waals surface area contributed by atoms with Crippen LogP contribution in [0.15, 0.2) is 0 Å². The second kappa shape index (κ2) is 16.8. The number of hydrogen-bond acceptors (Lipinski definition) is 6. The molecule has 28 heavy (non-hydrogen) atoms. The topological polar surface area (TPSA) is 129 Å². The van der Waals surface area contributed by atoms with Crippen LogP contribution in [-0.4, -0.2) is 35.5 Å². The van der Waals surface area contributed by atoms with Crippen LogP contribution < -0.4 is 17.2 Å². The third-order valence-corrected chi connectivity index (χ3v) is 4.74. The summed E-state index contributed by atoms with van der Waals surface area (Å²) in [6, 6.07) is -0.793. The summed E-state index contributed by atoms with van der Waals surface area (Å²) in [4.78, 5) is 31.9. The van der Waals surface area contributed by atoms with Crippen LogP contribution in [0, 0.1) is 11.3 Å². The molecule has 0 fully saturated rings. The van der Waals surface area contributed by atoms with Crippen molar-refractivity contribution in [3.8, 4) is 0 Å². The number of Topliss-reactive ketones (excluding diaryl/α,β-unsaturated/α-hetero) is 3. The van der Waals surface area contributed by atoms with E-state index >= 15 is 0 Å². The molecular weight excluding hydrogens is 354 g/mol. The van der Waals surface area contributed by atoms with Gasteiger partial charge in [-0.15, -0.1) is 0 Å². The zero-order chi connectivity index (χ0) is 23.1. The van der Waals surface area contributed by atoms with Crippen LogP contribution in [0.2, 0.25) is 0 Å². The molecule has 4 unspecified atom stereocenters. The van der Waals surface area contributed by atoms with Crippen molar-refractivity contribution in [3.63, 3.8) is 0 Å². The zero-order valence-corrected chi connectivity index (χ0v) is 19.8. The van der Waals surface area contributed by atoms with Crippen LogP contribution in [0.4, 0.5) is 0 Å². The van der Waals surface area contributed by atoms with Crippen molar-refractivity contribution >= 4 is 17.3 Å². The summed E-state index contributed by atoms with van der Waals surface area (Å²) in [7, 11) is 0. The van der Waals surface area contributed by atoms with E-state index in [4.69, 9.17) is 17.2 Å². The van der Waals surface area contributed by atoms with Crippen molar-refractivity contribution in [3.05, 3.63) is 0 Å². The van der Waals surface area contributed by atoms with E-state index in [9.17, 15) is 14.4 Å². The van der Waals surface area contributed by atoms with Gasteiger partial charge in [0, 0.05) is 0 Å². The van der Waals surface area contributed by atoms with E-state index < -0.39 is 0 Å². The minimum atomic E-state index is -0.322. The lowest BCUT2D eigenvalue weighted by atomic mass is 9.85. The quantitative estimate of drug-likeness (QED) is 0.508. The van der Waals surface area contributed by atoms with Crippen molar-refractivity contribution < 1.29 is 14.4 Å². The van der Waals surface area contributed by atoms with Crippen LogP contribution >= 0.6 is 0 Å². The Labute approximate surface area is 173 Å². The van der Waals surface area contributed by atoms with Gasteiger partial charge in [0.1, 0.15) is 17.3 Å². The van der Waals surface area contributed by atoms with Crippen LogP contribution in [0.25, 0.3) is 0 Å². The Morgan fingerprint density at radius 1 is 0.821 bits per heavy atom. The Morgan fingerprint density at radius 2 is 1.29 bits per heavy atom. The molecule has 0 saturated heterocycles. The molecule has 6 heteroatoms. The lowest BCUT2D eigenvalue weighted by Gasteiger charge is -2.23. The fraction of sp³-hybridized carbons (Fsp3) is 0.864. The summed E-state index contributed by atoms with van der Waals surface area (Å²) in [5, 5.41) is 0. The monoisotopic (exact) mass is 401 g/mol. The third kappa shape index (κ3) is 18.3. The Balaban J connectivity index is -0.000000336. The van der Waals surface area contributed by atoms with Gasteiger partial charge in [-0.1, -0.05) is 67.2 Å². The molecule has 0 rings (SSSR count). The Hall–Kier alpha value is -1.11. The van der Waals surface area contributed by atoms with Gasteiger partial charge < -0.3 is 17.2 Å². The fourth-order valence-corrected chi connectivity index (χ4v) is 2.08. The first kappa shape index (κ1) is 31.6. The summed E-state index contributed by atoms with van der Waals surface area (Å²) in [6.45, 7) is 16.7. The van der Waals surface area contributed by atoms with E-state index in [0.29, 0.717) is 5.92 Å². The van der Waals surface area contributed by atoms with Crippen LogP contribution in [0.5, 0.6) is 0 Å². The van der Waals surface area contributed by atoms with Crippen LogP contribution in [0.1, 0.15) is 94.4 Å². The first-order valence-corrected chi connectivity index (χ1v) is 10.4. The van der Waals surface area contributed by atoms with Crippen molar-refractivity contribution in [2.24, 2.45) is 28.5 Å². The first-order chi connectivity index (χ1) is 12.6. The van der Waals surface area contributed by atoms with Gasteiger partial charge >= 0.3 is 0 Å². The Morgan fingerprint density at radius 3 is 1.46 bits per heavy atom. The predicted octanol–water partition coefficient (Wildman–Crippen LogP) is 3.38. The molecule has 0 radical (unpaired) electrons. The van der Waals surface area contributed by atoms with Gasteiger partial charge in [0.25, 0.3) is 0 Å². The zero-order valence-electron chi connectivity index (χ0n) is 19.8. The maximum absolute atomic E-state index is 10.7. The van der Waals surface area contributed by atoms with E-state index in [1.165, 1.54) is 26.7 Å². The molecule has 0 bridgehead atoms. The second-order valence-corrected chi connectivity index (χ2v) is 8.69. The summed E-state index contributed by atoms with van der Waals surface area (Å²) in [5.74, 6) is 0.574. The van der Waals surface area contributed by atoms with Gasteiger partial charge in [0.05, 0.1) is 18.1 Å². The number of unbranched alkanes of at least 4 members (excludes halogenated alkanes) is 2. The van der Waals surface area contributed by atoms with E-state index in [-0.39, 0.29) is 40.9 Å². The largest absolute Gasteiger partial charge is 0.322 e. The van der Waals surface area contributed by atoms with Gasteiger partial charge in [-0.3, -0.25) is 14.4 Å². The number of carbonyl (C=O) groups excluding carboxylic acids is 3. The Bertz CT molecular complexity index is 445. The highest BCUT2D eigenvalue weighted by atomic mass is 16.1. The molecule has 0 spiro atoms. The molecule has 0 aromatic heterocycles. The average molecular weight is 402 g/mol. The highest BCUT2D eigenvalue weighted by molar-refractivity contribution is 5.82. The average Bonchev–Trinajstić information content (AvgIpc) is 2.59. The molecular formula is C22H47N3O3. The molecule has 0 heterocycles. The molecule has 168 valence electrons. The standard InChI is InChI=1S/C8H17NO.2C7H15NO/c1-3-4-5-6-8(9)7(2)10;1-5(9)6(8)7(2,3)4;1-4-5(2)7(8)6(3)9/h8H,3-6,9H2,1-2H3;6H,8H2,1-4H3;5,7H,4,8H2,1-3H3. The third-order valence-electron chi connectivity index (χ3n) is 4.74. The van der Waals surface area contributed by atoms with Crippen molar-refractivity contribution in [1.82, 2.24) is 0 Å². The van der Waals surface area contributed by atoms with E-state index in [2.05, 4.69) is 6.92 Å². The maximum atomic E-state index is 10.7. The lowest BCUT2D eigenvalue weighted by molar-refractivity contribution is -0.120. The van der Waals surface area contributed by atoms with Crippen molar-refractivity contribution in [2.75, 3.05) is 0 Å².